The van der Waals surface area contributed by atoms with Crippen LogP contribution in [0.3, 0.4) is 0 Å². The molecule has 0 saturated carbocycles. The van der Waals surface area contributed by atoms with Crippen molar-refractivity contribution in [3.05, 3.63) is 51.7 Å². The molecule has 116 valence electrons. The molecule has 1 aromatic carbocycles. The van der Waals surface area contributed by atoms with Gasteiger partial charge in [0.2, 0.25) is 0 Å². The molecule has 0 aliphatic rings. The van der Waals surface area contributed by atoms with Crippen molar-refractivity contribution in [1.29, 1.82) is 0 Å². The summed E-state index contributed by atoms with van der Waals surface area (Å²) in [6, 6.07) is 5.09. The lowest BCUT2D eigenvalue weighted by Gasteiger charge is -2.13. The maximum atomic E-state index is 12.8. The van der Waals surface area contributed by atoms with Crippen molar-refractivity contribution < 1.29 is 14.0 Å². The molecule has 4 nitrogen and oxygen atoms in total. The van der Waals surface area contributed by atoms with Crippen molar-refractivity contribution in [2.24, 2.45) is 0 Å². The molecule has 0 saturated heterocycles. The molecule has 2 aromatic rings. The molecule has 0 radical (unpaired) electrons. The third-order valence-electron chi connectivity index (χ3n) is 3.22. The molecular weight excluding hydrogens is 303 g/mol. The number of nitrogens with zero attached hydrogens (tertiary/aromatic N) is 1. The number of benzene rings is 1. The van der Waals surface area contributed by atoms with Crippen molar-refractivity contribution in [1.82, 2.24) is 10.3 Å². The Hall–Kier alpha value is -2.08. The highest BCUT2D eigenvalue weighted by molar-refractivity contribution is 7.11. The molecule has 0 aliphatic heterocycles. The molecule has 0 bridgehead atoms. The van der Waals surface area contributed by atoms with Gasteiger partial charge in [0.1, 0.15) is 10.7 Å². The van der Waals surface area contributed by atoms with E-state index in [-0.39, 0.29) is 30.0 Å². The van der Waals surface area contributed by atoms with Gasteiger partial charge in [-0.25, -0.2) is 9.37 Å². The number of halogens is 1. The monoisotopic (exact) mass is 320 g/mol. The van der Waals surface area contributed by atoms with E-state index >= 15 is 0 Å². The fraction of sp³-hybridized carbons (Fsp3) is 0.312. The SMILES string of the molecule is CCc1ncsc1C(=O)N[C@H](C)CC(=O)c1ccc(F)cc1. The largest absolute Gasteiger partial charge is 0.348 e. The Morgan fingerprint density at radius 2 is 2.00 bits per heavy atom. The van der Waals surface area contributed by atoms with Gasteiger partial charge >= 0.3 is 0 Å². The third kappa shape index (κ3) is 3.98. The van der Waals surface area contributed by atoms with Crippen LogP contribution in [0.4, 0.5) is 4.39 Å². The van der Waals surface area contributed by atoms with E-state index in [1.54, 1.807) is 12.4 Å². The summed E-state index contributed by atoms with van der Waals surface area (Å²) in [6.07, 6.45) is 0.854. The van der Waals surface area contributed by atoms with E-state index in [2.05, 4.69) is 10.3 Å². The summed E-state index contributed by atoms with van der Waals surface area (Å²) >= 11 is 1.29. The Morgan fingerprint density at radius 1 is 1.32 bits per heavy atom. The highest BCUT2D eigenvalue weighted by Gasteiger charge is 2.18. The molecular formula is C16H17FN2O2S. The van der Waals surface area contributed by atoms with Gasteiger partial charge in [-0.1, -0.05) is 6.92 Å². The van der Waals surface area contributed by atoms with Gasteiger partial charge in [-0.05, 0) is 37.6 Å². The first-order valence-corrected chi connectivity index (χ1v) is 7.91. The van der Waals surface area contributed by atoms with Crippen LogP contribution in [0.25, 0.3) is 0 Å². The average molecular weight is 320 g/mol. The Bertz CT molecular complexity index is 667. The molecule has 1 amide bonds. The summed E-state index contributed by atoms with van der Waals surface area (Å²) in [5.41, 5.74) is 2.84. The quantitative estimate of drug-likeness (QED) is 0.831. The van der Waals surface area contributed by atoms with Gasteiger partial charge in [-0.3, -0.25) is 9.59 Å². The number of nitrogens with one attached hydrogen (secondary N) is 1. The zero-order valence-corrected chi connectivity index (χ0v) is 13.2. The van der Waals surface area contributed by atoms with Gasteiger partial charge in [0.25, 0.3) is 5.91 Å². The van der Waals surface area contributed by atoms with Crippen LogP contribution < -0.4 is 5.32 Å². The molecule has 1 N–H and O–H groups in total. The second-order valence-electron chi connectivity index (χ2n) is 4.99. The lowest BCUT2D eigenvalue weighted by Crippen LogP contribution is -2.34. The van der Waals surface area contributed by atoms with E-state index in [1.807, 2.05) is 6.92 Å². The van der Waals surface area contributed by atoms with E-state index in [0.717, 1.165) is 5.69 Å². The fourth-order valence-electron chi connectivity index (χ4n) is 2.08. The van der Waals surface area contributed by atoms with E-state index in [4.69, 9.17) is 0 Å². The molecule has 1 aromatic heterocycles. The van der Waals surface area contributed by atoms with Gasteiger partial charge in [0.15, 0.2) is 5.78 Å². The van der Waals surface area contributed by atoms with Crippen molar-refractivity contribution in [2.45, 2.75) is 32.7 Å². The number of hydrogen-bond donors (Lipinski definition) is 1. The zero-order valence-electron chi connectivity index (χ0n) is 12.4. The maximum absolute atomic E-state index is 12.8. The molecule has 22 heavy (non-hydrogen) atoms. The second-order valence-corrected chi connectivity index (χ2v) is 5.85. The molecule has 1 atom stereocenters. The standard InChI is InChI=1S/C16H17FN2O2S/c1-3-13-15(22-9-18-13)16(21)19-10(2)8-14(20)11-4-6-12(17)7-5-11/h4-7,9-10H,3,8H2,1-2H3,(H,19,21)/t10-/m1/s1. The third-order valence-corrected chi connectivity index (χ3v) is 4.09. The van der Waals surface area contributed by atoms with E-state index in [9.17, 15) is 14.0 Å². The van der Waals surface area contributed by atoms with E-state index in [1.165, 1.54) is 35.6 Å². The van der Waals surface area contributed by atoms with Crippen LogP contribution in [0.15, 0.2) is 29.8 Å². The molecule has 0 fully saturated rings. The summed E-state index contributed by atoms with van der Waals surface area (Å²) < 4.78 is 12.8. The predicted octanol–water partition coefficient (Wildman–Crippen LogP) is 3.24. The van der Waals surface area contributed by atoms with Crippen molar-refractivity contribution >= 4 is 23.0 Å². The maximum Gasteiger partial charge on any atom is 0.263 e. The zero-order chi connectivity index (χ0) is 16.1. The highest BCUT2D eigenvalue weighted by atomic mass is 32.1. The number of amides is 1. The smallest absolute Gasteiger partial charge is 0.263 e. The van der Waals surface area contributed by atoms with Crippen LogP contribution >= 0.6 is 11.3 Å². The van der Waals surface area contributed by atoms with Crippen molar-refractivity contribution in [3.63, 3.8) is 0 Å². The average Bonchev–Trinajstić information content (AvgIpc) is 2.96. The van der Waals surface area contributed by atoms with Crippen LogP contribution in [-0.4, -0.2) is 22.7 Å². The van der Waals surface area contributed by atoms with Crippen LogP contribution in [0.5, 0.6) is 0 Å². The summed E-state index contributed by atoms with van der Waals surface area (Å²) in [6.45, 7) is 3.71. The number of aryl methyl sites for hydroxylation is 1. The number of thiazole rings is 1. The Kier molecular flexibility index (Phi) is 5.38. The molecule has 0 spiro atoms. The summed E-state index contributed by atoms with van der Waals surface area (Å²) in [5.74, 6) is -0.721. The number of aromatic nitrogens is 1. The fourth-order valence-corrected chi connectivity index (χ4v) is 2.86. The number of carbonyl (C=O) groups is 2. The number of rotatable bonds is 6. The first-order chi connectivity index (χ1) is 10.5. The lowest BCUT2D eigenvalue weighted by atomic mass is 10.0. The van der Waals surface area contributed by atoms with Gasteiger partial charge in [0.05, 0.1) is 11.2 Å². The second kappa shape index (κ2) is 7.26. The topological polar surface area (TPSA) is 59.1 Å². The minimum atomic E-state index is -0.379. The first-order valence-electron chi connectivity index (χ1n) is 7.03. The highest BCUT2D eigenvalue weighted by Crippen LogP contribution is 2.14. The molecule has 0 unspecified atom stereocenters. The first kappa shape index (κ1) is 16.3. The van der Waals surface area contributed by atoms with E-state index in [0.29, 0.717) is 16.9 Å². The van der Waals surface area contributed by atoms with Gasteiger partial charge in [-0.2, -0.15) is 0 Å². The van der Waals surface area contributed by atoms with Gasteiger partial charge < -0.3 is 5.32 Å². The summed E-state index contributed by atoms with van der Waals surface area (Å²) in [7, 11) is 0. The number of Topliss-reactive ketones (excluding diaryl/α,β-unsaturated/α-hetero) is 1. The Morgan fingerprint density at radius 3 is 2.64 bits per heavy atom. The van der Waals surface area contributed by atoms with Crippen LogP contribution in [-0.2, 0) is 6.42 Å². The minimum Gasteiger partial charge on any atom is -0.348 e. The van der Waals surface area contributed by atoms with E-state index < -0.39 is 0 Å². The van der Waals surface area contributed by atoms with Crippen molar-refractivity contribution in [3.8, 4) is 0 Å². The molecule has 0 aliphatic carbocycles. The van der Waals surface area contributed by atoms with Crippen molar-refractivity contribution in [2.75, 3.05) is 0 Å². The summed E-state index contributed by atoms with van der Waals surface area (Å²) in [4.78, 5) is 29.0. The number of ketones is 1. The normalized spacial score (nSPS) is 12.0. The molecule has 6 heteroatoms. The molecule has 2 rings (SSSR count). The Balaban J connectivity index is 1.95. The summed E-state index contributed by atoms with van der Waals surface area (Å²) in [5, 5.41) is 2.81. The van der Waals surface area contributed by atoms with Crippen LogP contribution in [0, 0.1) is 5.82 Å². The Labute approximate surface area is 132 Å². The number of hydrogen-bond acceptors (Lipinski definition) is 4. The van der Waals surface area contributed by atoms with Gasteiger partial charge in [-0.15, -0.1) is 11.3 Å². The molecule has 1 heterocycles. The van der Waals surface area contributed by atoms with Crippen LogP contribution in [0.1, 0.15) is 46.0 Å². The minimum absolute atomic E-state index is 0.132. The van der Waals surface area contributed by atoms with Gasteiger partial charge in [0, 0.05) is 18.0 Å². The predicted molar refractivity (Wildman–Crippen MR) is 83.8 cm³/mol. The van der Waals surface area contributed by atoms with Crippen LogP contribution in [0.2, 0.25) is 0 Å². The lowest BCUT2D eigenvalue weighted by molar-refractivity contribution is 0.0920. The number of carbonyl (C=O) groups excluding carboxylic acids is 2.